The van der Waals surface area contributed by atoms with E-state index in [0.717, 1.165) is 72.8 Å². The van der Waals surface area contributed by atoms with Gasteiger partial charge in [0.05, 0.1) is 5.58 Å². The number of hydrogen-bond donors (Lipinski definition) is 0. The van der Waals surface area contributed by atoms with E-state index in [-0.39, 0.29) is 25.5 Å². The summed E-state index contributed by atoms with van der Waals surface area (Å²) in [5.41, 5.74) is 12.8. The molecule has 0 aliphatic rings. The second-order valence-corrected chi connectivity index (χ2v) is 28.0. The number of pyridine rings is 2. The van der Waals surface area contributed by atoms with Gasteiger partial charge in [0.25, 0.3) is 0 Å². The average Bonchev–Trinajstić information content (AvgIpc) is 3.75. The maximum atomic E-state index is 6.44. The van der Waals surface area contributed by atoms with Crippen molar-refractivity contribution in [2.75, 3.05) is 0 Å². The molecule has 0 unspecified atom stereocenters. The number of hydrogen-bond acceptors (Lipinski definition) is 4. The third-order valence-electron chi connectivity index (χ3n) is 10.3. The van der Waals surface area contributed by atoms with Gasteiger partial charge in [0.2, 0.25) is 0 Å². The maximum absolute atomic E-state index is 6.44. The molecule has 0 aliphatic carbocycles. The molecule has 0 amide bonds. The molecule has 4 nitrogen and oxygen atoms in total. The quantitative estimate of drug-likeness (QED) is 0.123. The Morgan fingerprint density at radius 2 is 1.32 bits per heavy atom. The first-order chi connectivity index (χ1) is 26.8. The van der Waals surface area contributed by atoms with E-state index in [0.29, 0.717) is 5.92 Å². The summed E-state index contributed by atoms with van der Waals surface area (Å²) >= 11 is -1.81. The minimum absolute atomic E-state index is 0. The monoisotopic (exact) mass is 987 g/mol. The van der Waals surface area contributed by atoms with Crippen LogP contribution in [-0.4, -0.2) is 23.2 Å². The fourth-order valence-corrected chi connectivity index (χ4v) is 9.73. The van der Waals surface area contributed by atoms with Gasteiger partial charge in [0, 0.05) is 37.3 Å². The molecule has 0 fully saturated rings. The maximum Gasteiger partial charge on any atom is 0 e. The van der Waals surface area contributed by atoms with Crippen LogP contribution in [0.4, 0.5) is 0 Å². The second kappa shape index (κ2) is 16.2. The van der Waals surface area contributed by atoms with Crippen molar-refractivity contribution in [2.24, 2.45) is 5.41 Å². The summed E-state index contributed by atoms with van der Waals surface area (Å²) < 4.78 is 13.7. The topological polar surface area (TPSA) is 52.1 Å². The van der Waals surface area contributed by atoms with Crippen molar-refractivity contribution in [3.05, 3.63) is 151 Å². The molecule has 4 heterocycles. The zero-order valence-electron chi connectivity index (χ0n) is 34.0. The van der Waals surface area contributed by atoms with Crippen LogP contribution in [0.15, 0.2) is 136 Å². The van der Waals surface area contributed by atoms with Crippen LogP contribution < -0.4 is 4.40 Å². The first kappa shape index (κ1) is 40.4. The van der Waals surface area contributed by atoms with Crippen molar-refractivity contribution in [3.63, 3.8) is 0 Å². The molecule has 5 aromatic carbocycles. The van der Waals surface area contributed by atoms with Gasteiger partial charge in [0.1, 0.15) is 5.58 Å². The van der Waals surface area contributed by atoms with E-state index in [1.807, 2.05) is 42.7 Å². The molecule has 57 heavy (non-hydrogen) atoms. The largest absolute Gasteiger partial charge is 0 e. The van der Waals surface area contributed by atoms with E-state index < -0.39 is 13.3 Å². The SMILES string of the molecule is CC(C)c1c(-c2ccccc2)ccc2c1oc1c[c-]c(-c3cc(CC(C)(C)C)ccn3)cc12.[CH3][Ge]([CH3])([CH3])[c]1ccc(-c2[c-]cc3oc4ccccc4c3c2)nc1.[Ir]. The van der Waals surface area contributed by atoms with Gasteiger partial charge in [-0.15, -0.1) is 23.8 Å². The van der Waals surface area contributed by atoms with Gasteiger partial charge in [-0.25, -0.2) is 0 Å². The molecule has 0 spiro atoms. The number of fused-ring (bicyclic) bond motifs is 6. The van der Waals surface area contributed by atoms with E-state index in [9.17, 15) is 0 Å². The van der Waals surface area contributed by atoms with Gasteiger partial charge in [-0.3, -0.25) is 0 Å². The number of aromatic nitrogens is 2. The Hall–Kier alpha value is -4.81. The Morgan fingerprint density at radius 1 is 0.649 bits per heavy atom. The summed E-state index contributed by atoms with van der Waals surface area (Å²) in [6.45, 7) is 11.3. The van der Waals surface area contributed by atoms with Crippen LogP contribution in [0.3, 0.4) is 0 Å². The standard InChI is InChI=1S/C31H30NO.C20H18GeNO.Ir/c1-20(2)29-24(22-9-7-6-8-10-22)12-13-25-26-18-23(11-14-28(26)33-30(25)29)27-17-21(15-16-32-27)19-31(3,4)5;1-21(2,3)15-9-10-18(22-13-15)14-8-11-20-17(12-14)16-6-4-5-7-19(16)23-20;/h6-10,12-18,20H,19H2,1-5H3;4-7,9-13H,1-3H3;/q2*-1;. The molecule has 0 saturated heterocycles. The molecule has 6 heteroatoms. The minimum Gasteiger partial charge on any atom is 0 e. The van der Waals surface area contributed by atoms with E-state index in [1.165, 1.54) is 26.6 Å². The Balaban J connectivity index is 0.000000182. The molecule has 0 N–H and O–H groups in total. The average molecular weight is 986 g/mol. The van der Waals surface area contributed by atoms with Crippen molar-refractivity contribution in [2.45, 2.75) is 64.2 Å². The molecule has 0 atom stereocenters. The fourth-order valence-electron chi connectivity index (χ4n) is 7.55. The summed E-state index contributed by atoms with van der Waals surface area (Å²) in [4.78, 5) is 9.32. The van der Waals surface area contributed by atoms with Crippen LogP contribution in [-0.2, 0) is 26.5 Å². The van der Waals surface area contributed by atoms with Crippen molar-refractivity contribution >= 4 is 61.5 Å². The van der Waals surface area contributed by atoms with E-state index >= 15 is 0 Å². The van der Waals surface area contributed by atoms with Gasteiger partial charge in [0.15, 0.2) is 0 Å². The van der Waals surface area contributed by atoms with Crippen LogP contribution in [0.1, 0.15) is 51.7 Å². The number of benzene rings is 5. The zero-order chi connectivity index (χ0) is 39.2. The molecular weight excluding hydrogens is 937 g/mol. The molecule has 0 bridgehead atoms. The first-order valence-corrected chi connectivity index (χ1v) is 26.9. The van der Waals surface area contributed by atoms with Crippen LogP contribution in [0.25, 0.3) is 77.5 Å². The Kier molecular flexibility index (Phi) is 11.5. The van der Waals surface area contributed by atoms with Crippen molar-refractivity contribution in [1.82, 2.24) is 9.97 Å². The Bertz CT molecular complexity index is 2820. The summed E-state index contributed by atoms with van der Waals surface area (Å²) in [6, 6.07) is 46.7. The van der Waals surface area contributed by atoms with Gasteiger partial charge >= 0.3 is 138 Å². The number of furan rings is 2. The van der Waals surface area contributed by atoms with Gasteiger partial charge in [-0.1, -0.05) is 94.1 Å². The van der Waals surface area contributed by atoms with E-state index in [4.69, 9.17) is 8.83 Å². The molecule has 0 aliphatic heterocycles. The summed E-state index contributed by atoms with van der Waals surface area (Å²) in [6.07, 6.45) is 4.96. The van der Waals surface area contributed by atoms with Gasteiger partial charge in [-0.05, 0) is 40.6 Å². The molecule has 9 rings (SSSR count). The fraction of sp³-hybridized carbons (Fsp3) is 0.216. The van der Waals surface area contributed by atoms with Gasteiger partial charge < -0.3 is 9.40 Å². The van der Waals surface area contributed by atoms with Crippen LogP contribution in [0, 0.1) is 17.5 Å². The predicted molar refractivity (Wildman–Crippen MR) is 237 cm³/mol. The van der Waals surface area contributed by atoms with Crippen molar-refractivity contribution < 1.29 is 28.9 Å². The van der Waals surface area contributed by atoms with Crippen molar-refractivity contribution in [1.29, 1.82) is 0 Å². The number of rotatable bonds is 6. The number of para-hydroxylation sites is 1. The molecule has 1 radical (unpaired) electrons. The molecule has 0 saturated carbocycles. The van der Waals surface area contributed by atoms with E-state index in [2.05, 4.69) is 159 Å². The minimum atomic E-state index is -1.81. The smallest absolute Gasteiger partial charge is 0 e. The summed E-state index contributed by atoms with van der Waals surface area (Å²) in [7, 11) is 0. The normalized spacial score (nSPS) is 11.9. The number of nitrogens with zero attached hydrogens (tertiary/aromatic N) is 2. The van der Waals surface area contributed by atoms with Gasteiger partial charge in [-0.2, -0.15) is 0 Å². The third kappa shape index (κ3) is 8.58. The summed E-state index contributed by atoms with van der Waals surface area (Å²) in [5.74, 6) is 7.48. The summed E-state index contributed by atoms with van der Waals surface area (Å²) in [5, 5.41) is 4.52. The second-order valence-electron chi connectivity index (χ2n) is 17.3. The Morgan fingerprint density at radius 3 is 1.98 bits per heavy atom. The van der Waals surface area contributed by atoms with Crippen LogP contribution in [0.5, 0.6) is 0 Å². The van der Waals surface area contributed by atoms with E-state index in [1.54, 1.807) is 0 Å². The third-order valence-corrected chi connectivity index (χ3v) is 14.6. The molecular formula is C51H48GeIrN2O2-2. The molecule has 9 aromatic rings. The Labute approximate surface area is 352 Å². The molecule has 289 valence electrons. The molecule has 4 aromatic heterocycles. The zero-order valence-corrected chi connectivity index (χ0v) is 38.4. The van der Waals surface area contributed by atoms with Crippen LogP contribution >= 0.6 is 0 Å². The first-order valence-electron chi connectivity index (χ1n) is 19.5. The van der Waals surface area contributed by atoms with Crippen LogP contribution in [0.2, 0.25) is 17.3 Å². The predicted octanol–water partition coefficient (Wildman–Crippen LogP) is 13.8. The van der Waals surface area contributed by atoms with Crippen molar-refractivity contribution in [3.8, 4) is 33.6 Å².